The van der Waals surface area contributed by atoms with E-state index in [0.717, 1.165) is 9.13 Å². The van der Waals surface area contributed by atoms with E-state index in [1.54, 1.807) is 23.1 Å². The maximum Gasteiger partial charge on any atom is 0.181 e. The Bertz CT molecular complexity index is 771. The van der Waals surface area contributed by atoms with Crippen molar-refractivity contribution in [3.63, 3.8) is 0 Å². The smallest absolute Gasteiger partial charge is 0.181 e. The highest BCUT2D eigenvalue weighted by atomic mass is 127. The van der Waals surface area contributed by atoms with Gasteiger partial charge < -0.3 is 0 Å². The highest BCUT2D eigenvalue weighted by Crippen LogP contribution is 2.21. The topological polar surface area (TPSA) is 30.7 Å². The molecule has 21 heavy (non-hydrogen) atoms. The van der Waals surface area contributed by atoms with Crippen molar-refractivity contribution in [2.24, 2.45) is 0 Å². The molecule has 0 bridgehead atoms. The van der Waals surface area contributed by atoms with Crippen molar-refractivity contribution in [1.29, 1.82) is 0 Å². The van der Waals surface area contributed by atoms with Gasteiger partial charge in [-0.25, -0.2) is 14.1 Å². The minimum atomic E-state index is -0.424. The summed E-state index contributed by atoms with van der Waals surface area (Å²) in [6, 6.07) is 12.7. The molecule has 0 radical (unpaired) electrons. The summed E-state index contributed by atoms with van der Waals surface area (Å²) in [5.41, 5.74) is 1.62. The van der Waals surface area contributed by atoms with Crippen molar-refractivity contribution in [1.82, 2.24) is 14.8 Å². The van der Waals surface area contributed by atoms with Gasteiger partial charge in [-0.2, -0.15) is 5.10 Å². The molecular formula is C15H10ClFIN3. The van der Waals surface area contributed by atoms with Gasteiger partial charge in [0.1, 0.15) is 12.1 Å². The Hall–Kier alpha value is -1.47. The first-order chi connectivity index (χ1) is 10.1. The van der Waals surface area contributed by atoms with E-state index < -0.39 is 5.82 Å². The average Bonchev–Trinajstić information content (AvgIpc) is 2.93. The fourth-order valence-electron chi connectivity index (χ4n) is 1.95. The summed E-state index contributed by atoms with van der Waals surface area (Å²) in [6.45, 7) is 0.383. The van der Waals surface area contributed by atoms with Crippen LogP contribution in [0.4, 0.5) is 4.39 Å². The van der Waals surface area contributed by atoms with Gasteiger partial charge in [0.05, 0.1) is 11.6 Å². The van der Waals surface area contributed by atoms with E-state index in [1.165, 1.54) is 6.07 Å². The van der Waals surface area contributed by atoms with Gasteiger partial charge >= 0.3 is 0 Å². The first-order valence-corrected chi connectivity index (χ1v) is 7.67. The molecule has 3 nitrogen and oxygen atoms in total. The fourth-order valence-corrected chi connectivity index (χ4v) is 2.49. The third-order valence-electron chi connectivity index (χ3n) is 3.00. The Morgan fingerprint density at radius 3 is 2.67 bits per heavy atom. The zero-order valence-electron chi connectivity index (χ0n) is 10.8. The summed E-state index contributed by atoms with van der Waals surface area (Å²) >= 11 is 8.19. The summed E-state index contributed by atoms with van der Waals surface area (Å²) < 4.78 is 16.2. The van der Waals surface area contributed by atoms with Crippen LogP contribution in [0.5, 0.6) is 0 Å². The van der Waals surface area contributed by atoms with Crippen LogP contribution in [-0.4, -0.2) is 14.8 Å². The number of nitrogens with zero attached hydrogens (tertiary/aromatic N) is 3. The highest BCUT2D eigenvalue weighted by Gasteiger charge is 2.08. The summed E-state index contributed by atoms with van der Waals surface area (Å²) in [5, 5.41) is 4.53. The third-order valence-corrected chi connectivity index (χ3v) is 4.15. The first-order valence-electron chi connectivity index (χ1n) is 6.22. The van der Waals surface area contributed by atoms with E-state index in [0.29, 0.717) is 17.9 Å². The van der Waals surface area contributed by atoms with Crippen LogP contribution in [0, 0.1) is 9.39 Å². The van der Waals surface area contributed by atoms with Gasteiger partial charge in [0, 0.05) is 9.13 Å². The van der Waals surface area contributed by atoms with Gasteiger partial charge in [-0.05, 0) is 46.4 Å². The third kappa shape index (κ3) is 3.24. The van der Waals surface area contributed by atoms with E-state index in [2.05, 4.69) is 32.7 Å². The number of halogens is 3. The Morgan fingerprint density at radius 2 is 1.90 bits per heavy atom. The van der Waals surface area contributed by atoms with Gasteiger partial charge in [-0.15, -0.1) is 0 Å². The van der Waals surface area contributed by atoms with E-state index in [9.17, 15) is 4.39 Å². The van der Waals surface area contributed by atoms with Crippen LogP contribution < -0.4 is 0 Å². The van der Waals surface area contributed by atoms with Crippen molar-refractivity contribution in [2.45, 2.75) is 6.54 Å². The molecule has 106 valence electrons. The van der Waals surface area contributed by atoms with Crippen molar-refractivity contribution in [3.05, 3.63) is 68.8 Å². The highest BCUT2D eigenvalue weighted by molar-refractivity contribution is 14.1. The van der Waals surface area contributed by atoms with Crippen molar-refractivity contribution < 1.29 is 4.39 Å². The molecule has 0 saturated carbocycles. The average molecular weight is 414 g/mol. The molecule has 0 aliphatic heterocycles. The summed E-state index contributed by atoms with van der Waals surface area (Å²) in [4.78, 5) is 4.28. The number of hydrogen-bond donors (Lipinski definition) is 0. The van der Waals surface area contributed by atoms with Crippen LogP contribution in [-0.2, 0) is 6.54 Å². The Kier molecular flexibility index (Phi) is 4.21. The lowest BCUT2D eigenvalue weighted by molar-refractivity contribution is 0.620. The fraction of sp³-hybridized carbons (Fsp3) is 0.0667. The molecule has 0 aliphatic carbocycles. The van der Waals surface area contributed by atoms with Crippen LogP contribution in [0.15, 0.2) is 48.8 Å². The molecule has 0 N–H and O–H groups in total. The largest absolute Gasteiger partial charge is 0.248 e. The Labute approximate surface area is 139 Å². The molecule has 3 aromatic rings. The maximum atomic E-state index is 13.4. The molecule has 0 amide bonds. The Balaban J connectivity index is 1.85. The van der Waals surface area contributed by atoms with Gasteiger partial charge in [0.2, 0.25) is 0 Å². The molecule has 0 saturated heterocycles. The monoisotopic (exact) mass is 413 g/mol. The predicted molar refractivity (Wildman–Crippen MR) is 88.7 cm³/mol. The summed E-state index contributed by atoms with van der Waals surface area (Å²) in [7, 11) is 0. The molecule has 0 unspecified atom stereocenters. The van der Waals surface area contributed by atoms with Crippen LogP contribution in [0.3, 0.4) is 0 Å². The van der Waals surface area contributed by atoms with E-state index >= 15 is 0 Å². The molecule has 1 heterocycles. The van der Waals surface area contributed by atoms with Crippen LogP contribution in [0.2, 0.25) is 5.02 Å². The van der Waals surface area contributed by atoms with E-state index in [-0.39, 0.29) is 5.02 Å². The second-order valence-electron chi connectivity index (χ2n) is 4.49. The van der Waals surface area contributed by atoms with Crippen LogP contribution >= 0.6 is 34.2 Å². The first kappa shape index (κ1) is 14.5. The van der Waals surface area contributed by atoms with Crippen LogP contribution in [0.25, 0.3) is 11.4 Å². The molecule has 0 spiro atoms. The van der Waals surface area contributed by atoms with E-state index in [4.69, 9.17) is 11.6 Å². The summed E-state index contributed by atoms with van der Waals surface area (Å²) in [5.74, 6) is 0.214. The maximum absolute atomic E-state index is 13.4. The lowest BCUT2D eigenvalue weighted by Crippen LogP contribution is -2.02. The lowest BCUT2D eigenvalue weighted by atomic mass is 10.2. The van der Waals surface area contributed by atoms with E-state index in [1.807, 2.05) is 24.3 Å². The molecule has 3 rings (SSSR count). The molecule has 0 fully saturated rings. The normalized spacial score (nSPS) is 10.8. The standard InChI is InChI=1S/C15H10ClFIN3/c16-14-11(2-1-3-13(14)17)8-21-9-19-15(20-21)10-4-6-12(18)7-5-10/h1-7,9H,8H2. The van der Waals surface area contributed by atoms with Gasteiger partial charge in [0.15, 0.2) is 5.82 Å². The molecule has 0 aliphatic rings. The van der Waals surface area contributed by atoms with Crippen molar-refractivity contribution in [3.8, 4) is 11.4 Å². The molecule has 1 aromatic heterocycles. The number of benzene rings is 2. The molecule has 2 aromatic carbocycles. The number of rotatable bonds is 3. The second kappa shape index (κ2) is 6.11. The van der Waals surface area contributed by atoms with Crippen molar-refractivity contribution in [2.75, 3.05) is 0 Å². The molecular weight excluding hydrogens is 404 g/mol. The summed E-state index contributed by atoms with van der Waals surface area (Å²) in [6.07, 6.45) is 1.62. The molecule has 0 atom stereocenters. The quantitative estimate of drug-likeness (QED) is 0.596. The van der Waals surface area contributed by atoms with Gasteiger partial charge in [-0.3, -0.25) is 0 Å². The number of hydrogen-bond acceptors (Lipinski definition) is 2. The van der Waals surface area contributed by atoms with Gasteiger partial charge in [-0.1, -0.05) is 35.9 Å². The second-order valence-corrected chi connectivity index (χ2v) is 6.11. The van der Waals surface area contributed by atoms with Crippen LogP contribution in [0.1, 0.15) is 5.56 Å². The molecule has 6 heteroatoms. The zero-order chi connectivity index (χ0) is 14.8. The Morgan fingerprint density at radius 1 is 1.14 bits per heavy atom. The predicted octanol–water partition coefficient (Wildman–Crippen LogP) is 4.39. The number of aromatic nitrogens is 3. The minimum absolute atomic E-state index is 0.129. The van der Waals surface area contributed by atoms with Gasteiger partial charge in [0.25, 0.3) is 0 Å². The zero-order valence-corrected chi connectivity index (χ0v) is 13.7. The SMILES string of the molecule is Fc1cccc(Cn2cnc(-c3ccc(I)cc3)n2)c1Cl. The minimum Gasteiger partial charge on any atom is -0.248 e. The van der Waals surface area contributed by atoms with Crippen molar-refractivity contribution >= 4 is 34.2 Å². The lowest BCUT2D eigenvalue weighted by Gasteiger charge is -2.04.